The van der Waals surface area contributed by atoms with Crippen LogP contribution in [0.25, 0.3) is 0 Å². The van der Waals surface area contributed by atoms with E-state index in [1.54, 1.807) is 0 Å². The molecule has 3 rings (SSSR count). The molecule has 0 atom stereocenters. The number of hydrogen-bond donors (Lipinski definition) is 1. The molecule has 24 heavy (non-hydrogen) atoms. The SMILES string of the molecule is CS(=O)(=O)N(CCOCCOO)c1cc2c(cc1C1CC1)CCO2. The summed E-state index contributed by atoms with van der Waals surface area (Å²) in [5, 5.41) is 8.28. The molecule has 0 saturated heterocycles. The van der Waals surface area contributed by atoms with Crippen LogP contribution < -0.4 is 9.04 Å². The van der Waals surface area contributed by atoms with Gasteiger partial charge < -0.3 is 9.47 Å². The van der Waals surface area contributed by atoms with E-state index in [1.807, 2.05) is 6.07 Å². The highest BCUT2D eigenvalue weighted by Gasteiger charge is 2.32. The Morgan fingerprint density at radius 1 is 1.29 bits per heavy atom. The molecule has 0 spiro atoms. The second kappa shape index (κ2) is 7.26. The lowest BCUT2D eigenvalue weighted by Crippen LogP contribution is -2.34. The van der Waals surface area contributed by atoms with Gasteiger partial charge in [0.05, 0.1) is 38.3 Å². The molecule has 8 heteroatoms. The van der Waals surface area contributed by atoms with Gasteiger partial charge in [-0.3, -0.25) is 9.56 Å². The third-order valence-electron chi connectivity index (χ3n) is 4.28. The fourth-order valence-electron chi connectivity index (χ4n) is 2.98. The van der Waals surface area contributed by atoms with E-state index in [0.29, 0.717) is 18.2 Å². The monoisotopic (exact) mass is 357 g/mol. The quantitative estimate of drug-likeness (QED) is 0.412. The fourth-order valence-corrected chi connectivity index (χ4v) is 3.90. The van der Waals surface area contributed by atoms with Crippen LogP contribution in [0.2, 0.25) is 0 Å². The number of hydrogen-bond acceptors (Lipinski definition) is 6. The van der Waals surface area contributed by atoms with Crippen molar-refractivity contribution >= 4 is 15.7 Å². The van der Waals surface area contributed by atoms with Gasteiger partial charge in [-0.05, 0) is 36.0 Å². The average Bonchev–Trinajstić information content (AvgIpc) is 3.27. The van der Waals surface area contributed by atoms with E-state index in [-0.39, 0.29) is 26.4 Å². The highest BCUT2D eigenvalue weighted by molar-refractivity contribution is 7.92. The van der Waals surface area contributed by atoms with Crippen molar-refractivity contribution in [2.24, 2.45) is 0 Å². The second-order valence-electron chi connectivity index (χ2n) is 6.17. The Labute approximate surface area is 142 Å². The van der Waals surface area contributed by atoms with Gasteiger partial charge in [-0.15, -0.1) is 0 Å². The third kappa shape index (κ3) is 4.00. The summed E-state index contributed by atoms with van der Waals surface area (Å²) in [6.07, 6.45) is 4.26. The molecule has 134 valence electrons. The molecule has 0 aromatic heterocycles. The Morgan fingerprint density at radius 3 is 2.75 bits per heavy atom. The Balaban J connectivity index is 1.84. The molecule has 2 aliphatic rings. The molecule has 1 N–H and O–H groups in total. The number of rotatable bonds is 9. The van der Waals surface area contributed by atoms with Crippen molar-refractivity contribution in [3.05, 3.63) is 23.3 Å². The summed E-state index contributed by atoms with van der Waals surface area (Å²) in [5.74, 6) is 1.21. The van der Waals surface area contributed by atoms with Crippen LogP contribution in [0.5, 0.6) is 5.75 Å². The largest absolute Gasteiger partial charge is 0.493 e. The first kappa shape index (κ1) is 17.5. The maximum Gasteiger partial charge on any atom is 0.232 e. The van der Waals surface area contributed by atoms with Crippen molar-refractivity contribution in [1.29, 1.82) is 0 Å². The summed E-state index contributed by atoms with van der Waals surface area (Å²) in [4.78, 5) is 3.94. The minimum absolute atomic E-state index is 0.0544. The van der Waals surface area contributed by atoms with Crippen molar-refractivity contribution in [1.82, 2.24) is 0 Å². The minimum Gasteiger partial charge on any atom is -0.493 e. The second-order valence-corrected chi connectivity index (χ2v) is 8.08. The standard InChI is InChI=1S/C16H23NO6S/c1-24(19,20)17(5-7-21-8-9-23-18)15-11-16-13(4-6-22-16)10-14(15)12-2-3-12/h10-12,18H,2-9H2,1H3. The van der Waals surface area contributed by atoms with Crippen LogP contribution in [0.3, 0.4) is 0 Å². The van der Waals surface area contributed by atoms with Crippen LogP contribution in [-0.4, -0.2) is 52.9 Å². The number of nitrogens with zero attached hydrogens (tertiary/aromatic N) is 1. The summed E-state index contributed by atoms with van der Waals surface area (Å²) in [6.45, 7) is 1.34. The molecule has 0 amide bonds. The highest BCUT2D eigenvalue weighted by Crippen LogP contribution is 2.47. The Hall–Kier alpha value is -1.35. The Kier molecular flexibility index (Phi) is 5.29. The van der Waals surface area contributed by atoms with Gasteiger partial charge in [-0.1, -0.05) is 0 Å². The lowest BCUT2D eigenvalue weighted by atomic mass is 10.0. The van der Waals surface area contributed by atoms with Crippen LogP contribution in [0.15, 0.2) is 12.1 Å². The topological polar surface area (TPSA) is 85.3 Å². The van der Waals surface area contributed by atoms with E-state index < -0.39 is 10.0 Å². The number of benzene rings is 1. The summed E-state index contributed by atoms with van der Waals surface area (Å²) in [7, 11) is -3.44. The highest BCUT2D eigenvalue weighted by atomic mass is 32.2. The van der Waals surface area contributed by atoms with Gasteiger partial charge in [-0.2, -0.15) is 0 Å². The number of ether oxygens (including phenoxy) is 2. The van der Waals surface area contributed by atoms with E-state index in [1.165, 1.54) is 10.6 Å². The van der Waals surface area contributed by atoms with Crippen LogP contribution in [0.1, 0.15) is 29.9 Å². The summed E-state index contributed by atoms with van der Waals surface area (Å²) < 4.78 is 36.9. The zero-order valence-electron chi connectivity index (χ0n) is 13.7. The first-order chi connectivity index (χ1) is 11.5. The maximum atomic E-state index is 12.3. The molecule has 1 aromatic carbocycles. The molecule has 1 heterocycles. The van der Waals surface area contributed by atoms with Gasteiger partial charge in [0.25, 0.3) is 0 Å². The van der Waals surface area contributed by atoms with Gasteiger partial charge in [0.1, 0.15) is 12.4 Å². The number of fused-ring (bicyclic) bond motifs is 1. The van der Waals surface area contributed by atoms with Crippen molar-refractivity contribution in [2.45, 2.75) is 25.2 Å². The normalized spacial score (nSPS) is 16.8. The van der Waals surface area contributed by atoms with Crippen LogP contribution >= 0.6 is 0 Å². The predicted octanol–water partition coefficient (Wildman–Crippen LogP) is 1.77. The molecule has 1 aromatic rings. The molecule has 0 unspecified atom stereocenters. The fraction of sp³-hybridized carbons (Fsp3) is 0.625. The zero-order valence-corrected chi connectivity index (χ0v) is 14.5. The zero-order chi connectivity index (χ0) is 17.2. The maximum absolute atomic E-state index is 12.3. The van der Waals surface area contributed by atoms with E-state index in [0.717, 1.165) is 36.1 Å². The number of anilines is 1. The molecule has 7 nitrogen and oxygen atoms in total. The molecule has 1 saturated carbocycles. The van der Waals surface area contributed by atoms with Gasteiger partial charge in [-0.25, -0.2) is 13.3 Å². The molecule has 0 radical (unpaired) electrons. The Morgan fingerprint density at radius 2 is 2.08 bits per heavy atom. The van der Waals surface area contributed by atoms with Crippen LogP contribution in [-0.2, 0) is 26.1 Å². The van der Waals surface area contributed by atoms with Gasteiger partial charge in [0.15, 0.2) is 0 Å². The van der Waals surface area contributed by atoms with Crippen LogP contribution in [0.4, 0.5) is 5.69 Å². The van der Waals surface area contributed by atoms with E-state index in [2.05, 4.69) is 11.0 Å². The van der Waals surface area contributed by atoms with E-state index in [4.69, 9.17) is 14.7 Å². The molecule has 1 aliphatic carbocycles. The molecular weight excluding hydrogens is 334 g/mol. The first-order valence-corrected chi connectivity index (χ1v) is 9.97. The summed E-state index contributed by atoms with van der Waals surface area (Å²) in [5.41, 5.74) is 2.94. The Bertz CT molecular complexity index is 686. The summed E-state index contributed by atoms with van der Waals surface area (Å²) >= 11 is 0. The van der Waals surface area contributed by atoms with E-state index in [9.17, 15) is 8.42 Å². The number of sulfonamides is 1. The van der Waals surface area contributed by atoms with E-state index >= 15 is 0 Å². The lowest BCUT2D eigenvalue weighted by Gasteiger charge is -2.25. The van der Waals surface area contributed by atoms with Crippen molar-refractivity contribution in [3.8, 4) is 5.75 Å². The van der Waals surface area contributed by atoms with Gasteiger partial charge in [0, 0.05) is 12.5 Å². The molecule has 1 aliphatic heterocycles. The average molecular weight is 357 g/mol. The minimum atomic E-state index is -3.44. The third-order valence-corrected chi connectivity index (χ3v) is 5.46. The van der Waals surface area contributed by atoms with Gasteiger partial charge in [0.2, 0.25) is 10.0 Å². The molecule has 1 fully saturated rings. The van der Waals surface area contributed by atoms with Crippen molar-refractivity contribution in [2.75, 3.05) is 43.5 Å². The van der Waals surface area contributed by atoms with Crippen LogP contribution in [0, 0.1) is 0 Å². The molecule has 0 bridgehead atoms. The predicted molar refractivity (Wildman–Crippen MR) is 89.2 cm³/mol. The van der Waals surface area contributed by atoms with Gasteiger partial charge >= 0.3 is 0 Å². The van der Waals surface area contributed by atoms with Crippen molar-refractivity contribution in [3.63, 3.8) is 0 Å². The first-order valence-electron chi connectivity index (χ1n) is 8.12. The lowest BCUT2D eigenvalue weighted by molar-refractivity contribution is -0.248. The summed E-state index contributed by atoms with van der Waals surface area (Å²) in [6, 6.07) is 3.96. The molecular formula is C16H23NO6S. The van der Waals surface area contributed by atoms with Crippen molar-refractivity contribution < 1.29 is 28.0 Å². The smallest absolute Gasteiger partial charge is 0.232 e.